The maximum atomic E-state index is 13.6. The maximum absolute atomic E-state index is 13.6. The average molecular weight is 579 g/mol. The van der Waals surface area contributed by atoms with Gasteiger partial charge < -0.3 is 19.0 Å². The molecule has 1 amide bonds. The molecule has 0 fully saturated rings. The summed E-state index contributed by atoms with van der Waals surface area (Å²) in [5, 5.41) is 4.68. The van der Waals surface area contributed by atoms with Crippen LogP contribution in [0.25, 0.3) is 10.9 Å². The molecule has 2 heterocycles. The fraction of sp³-hybridized carbons (Fsp3) is 0.114. The number of amides is 1. The largest absolute Gasteiger partial charge is 0.467 e. The zero-order valence-electron chi connectivity index (χ0n) is 22.7. The highest BCUT2D eigenvalue weighted by Gasteiger charge is 2.23. The molecule has 4 aromatic carbocycles. The Kier molecular flexibility index (Phi) is 8.06. The third-order valence-electron chi connectivity index (χ3n) is 7.20. The number of aromatic nitrogens is 1. The number of nitrogens with zero attached hydrogens (tertiary/aromatic N) is 1. The number of furan rings is 1. The lowest BCUT2D eigenvalue weighted by Crippen LogP contribution is -2.24. The van der Waals surface area contributed by atoms with Crippen LogP contribution < -0.4 is 10.1 Å². The van der Waals surface area contributed by atoms with Gasteiger partial charge in [0, 0.05) is 41.0 Å². The van der Waals surface area contributed by atoms with Crippen molar-refractivity contribution in [2.24, 2.45) is 0 Å². The van der Waals surface area contributed by atoms with E-state index < -0.39 is 0 Å². The highest BCUT2D eigenvalue weighted by molar-refractivity contribution is 6.30. The van der Waals surface area contributed by atoms with Gasteiger partial charge in [0.25, 0.3) is 0 Å². The van der Waals surface area contributed by atoms with Crippen molar-refractivity contribution in [1.29, 1.82) is 0 Å². The first kappa shape index (κ1) is 27.4. The molecule has 0 radical (unpaired) electrons. The fourth-order valence-corrected chi connectivity index (χ4v) is 5.29. The summed E-state index contributed by atoms with van der Waals surface area (Å²) in [5.41, 5.74) is 3.98. The van der Waals surface area contributed by atoms with Gasteiger partial charge in [-0.15, -0.1) is 0 Å². The number of ether oxygens (including phenoxy) is 1. The van der Waals surface area contributed by atoms with Gasteiger partial charge in [-0.1, -0.05) is 54.1 Å². The van der Waals surface area contributed by atoms with Crippen molar-refractivity contribution in [1.82, 2.24) is 9.88 Å². The van der Waals surface area contributed by atoms with Crippen molar-refractivity contribution >= 4 is 28.4 Å². The van der Waals surface area contributed by atoms with E-state index in [1.807, 2.05) is 54.6 Å². The number of halogens is 2. The minimum absolute atomic E-state index is 0.101. The van der Waals surface area contributed by atoms with Crippen LogP contribution in [0.5, 0.6) is 11.5 Å². The van der Waals surface area contributed by atoms with Crippen molar-refractivity contribution < 1.29 is 18.3 Å². The van der Waals surface area contributed by atoms with Crippen LogP contribution in [-0.2, 0) is 17.9 Å². The molecule has 0 spiro atoms. The third-order valence-corrected chi connectivity index (χ3v) is 7.45. The first-order valence-electron chi connectivity index (χ1n) is 13.7. The molecule has 1 N–H and O–H groups in total. The molecule has 0 aliphatic carbocycles. The van der Waals surface area contributed by atoms with Gasteiger partial charge in [0.05, 0.1) is 12.8 Å². The molecule has 0 saturated heterocycles. The van der Waals surface area contributed by atoms with Crippen molar-refractivity contribution in [3.8, 4) is 11.5 Å². The summed E-state index contributed by atoms with van der Waals surface area (Å²) in [7, 11) is 0. The van der Waals surface area contributed by atoms with Crippen LogP contribution in [0.15, 0.2) is 126 Å². The molecule has 0 aliphatic rings. The van der Waals surface area contributed by atoms with Gasteiger partial charge in [-0.25, -0.2) is 4.39 Å². The molecule has 5 nitrogen and oxygen atoms in total. The van der Waals surface area contributed by atoms with E-state index in [2.05, 4.69) is 28.2 Å². The quantitative estimate of drug-likeness (QED) is 0.177. The van der Waals surface area contributed by atoms with Crippen LogP contribution in [0, 0.1) is 5.82 Å². The molecule has 0 aliphatic heterocycles. The minimum atomic E-state index is -0.269. The van der Waals surface area contributed by atoms with Gasteiger partial charge in [-0.3, -0.25) is 4.79 Å². The Labute approximate surface area is 248 Å². The standard InChI is InChI=1S/C35H28ClFN2O3/c36-26-12-16-28(17-13-26)42-29-6-3-5-25(19-29)32(20-35(40)38-21-30-7-4-18-41-30)33-23-39(34-9-2-1-8-31(33)34)22-24-10-14-27(37)15-11-24/h1-19,23,32H,20-22H2,(H,38,40)/t32-/m1/s1. The molecule has 7 heteroatoms. The second-order valence-corrected chi connectivity index (χ2v) is 10.5. The molecule has 0 saturated carbocycles. The van der Waals surface area contributed by atoms with Crippen molar-refractivity contribution in [3.63, 3.8) is 0 Å². The molecular formula is C35H28ClFN2O3. The van der Waals surface area contributed by atoms with Crippen LogP contribution in [0.3, 0.4) is 0 Å². The Morgan fingerprint density at radius 3 is 2.50 bits per heavy atom. The third kappa shape index (κ3) is 6.40. The van der Waals surface area contributed by atoms with E-state index in [-0.39, 0.29) is 24.1 Å². The number of hydrogen-bond donors (Lipinski definition) is 1. The minimum Gasteiger partial charge on any atom is -0.467 e. The summed E-state index contributed by atoms with van der Waals surface area (Å²) >= 11 is 6.05. The molecular weight excluding hydrogens is 551 g/mol. The van der Waals surface area contributed by atoms with E-state index in [0.29, 0.717) is 35.4 Å². The number of nitrogens with one attached hydrogen (secondary N) is 1. The highest BCUT2D eigenvalue weighted by atomic mass is 35.5. The Hall–Kier alpha value is -4.81. The predicted molar refractivity (Wildman–Crippen MR) is 162 cm³/mol. The van der Waals surface area contributed by atoms with E-state index in [1.54, 1.807) is 36.6 Å². The Bertz CT molecular complexity index is 1800. The molecule has 210 valence electrons. The Morgan fingerprint density at radius 1 is 0.905 bits per heavy atom. The molecule has 42 heavy (non-hydrogen) atoms. The van der Waals surface area contributed by atoms with Crippen LogP contribution in [0.1, 0.15) is 34.8 Å². The number of benzene rings is 4. The SMILES string of the molecule is O=C(C[C@H](c1cccc(Oc2ccc(Cl)cc2)c1)c1cn(Cc2ccc(F)cc2)c2ccccc12)NCc1ccco1. The summed E-state index contributed by atoms with van der Waals surface area (Å²) in [6, 6.07) is 33.3. The number of carbonyl (C=O) groups excluding carboxylic acids is 1. The Morgan fingerprint density at radius 2 is 1.71 bits per heavy atom. The average Bonchev–Trinajstić information content (AvgIpc) is 3.66. The smallest absolute Gasteiger partial charge is 0.221 e. The van der Waals surface area contributed by atoms with Crippen LogP contribution in [0.4, 0.5) is 4.39 Å². The molecule has 0 bridgehead atoms. The van der Waals surface area contributed by atoms with E-state index in [4.69, 9.17) is 20.8 Å². The first-order chi connectivity index (χ1) is 20.5. The second kappa shape index (κ2) is 12.4. The molecule has 6 aromatic rings. The van der Waals surface area contributed by atoms with Crippen LogP contribution in [-0.4, -0.2) is 10.5 Å². The topological polar surface area (TPSA) is 56.4 Å². The van der Waals surface area contributed by atoms with Crippen molar-refractivity contribution in [2.75, 3.05) is 0 Å². The van der Waals surface area contributed by atoms with E-state index in [9.17, 15) is 9.18 Å². The zero-order chi connectivity index (χ0) is 28.9. The van der Waals surface area contributed by atoms with E-state index >= 15 is 0 Å². The fourth-order valence-electron chi connectivity index (χ4n) is 5.17. The second-order valence-electron chi connectivity index (χ2n) is 10.1. The molecule has 1 atom stereocenters. The molecule has 2 aromatic heterocycles. The number of fused-ring (bicyclic) bond motifs is 1. The Balaban J connectivity index is 1.36. The number of carbonyl (C=O) groups is 1. The number of rotatable bonds is 10. The van der Waals surface area contributed by atoms with Crippen molar-refractivity contribution in [2.45, 2.75) is 25.4 Å². The predicted octanol–water partition coefficient (Wildman–Crippen LogP) is 8.71. The lowest BCUT2D eigenvalue weighted by atomic mass is 9.88. The van der Waals surface area contributed by atoms with Gasteiger partial charge in [-0.05, 0) is 83.4 Å². The monoisotopic (exact) mass is 578 g/mol. The first-order valence-corrected chi connectivity index (χ1v) is 14.0. The van der Waals surface area contributed by atoms with Crippen LogP contribution in [0.2, 0.25) is 5.02 Å². The summed E-state index contributed by atoms with van der Waals surface area (Å²) in [6.45, 7) is 0.877. The number of hydrogen-bond acceptors (Lipinski definition) is 3. The van der Waals surface area contributed by atoms with Gasteiger partial charge in [0.1, 0.15) is 23.1 Å². The highest BCUT2D eigenvalue weighted by Crippen LogP contribution is 2.37. The van der Waals surface area contributed by atoms with E-state index in [1.165, 1.54) is 12.1 Å². The van der Waals surface area contributed by atoms with Gasteiger partial charge >= 0.3 is 0 Å². The molecule has 6 rings (SSSR count). The number of para-hydroxylation sites is 1. The van der Waals surface area contributed by atoms with Crippen molar-refractivity contribution in [3.05, 3.63) is 155 Å². The summed E-state index contributed by atoms with van der Waals surface area (Å²) < 4.78 is 27.3. The zero-order valence-corrected chi connectivity index (χ0v) is 23.4. The summed E-state index contributed by atoms with van der Waals surface area (Å²) in [4.78, 5) is 13.3. The van der Waals surface area contributed by atoms with E-state index in [0.717, 1.165) is 27.6 Å². The summed E-state index contributed by atoms with van der Waals surface area (Å²) in [5.74, 6) is 1.38. The lowest BCUT2D eigenvalue weighted by molar-refractivity contribution is -0.121. The lowest BCUT2D eigenvalue weighted by Gasteiger charge is -2.18. The maximum Gasteiger partial charge on any atom is 0.221 e. The summed E-state index contributed by atoms with van der Waals surface area (Å²) in [6.07, 6.45) is 3.91. The van der Waals surface area contributed by atoms with Crippen LogP contribution >= 0.6 is 11.6 Å². The van der Waals surface area contributed by atoms with Gasteiger partial charge in [0.2, 0.25) is 5.91 Å². The molecule has 0 unspecified atom stereocenters. The van der Waals surface area contributed by atoms with Gasteiger partial charge in [-0.2, -0.15) is 0 Å². The normalized spacial score (nSPS) is 11.9. The van der Waals surface area contributed by atoms with Gasteiger partial charge in [0.15, 0.2) is 0 Å².